The maximum Gasteiger partial charge on any atom is 0.123 e. The van der Waals surface area contributed by atoms with Crippen LogP contribution in [-0.4, -0.2) is 36.0 Å². The molecule has 2 rings (SSSR count). The van der Waals surface area contributed by atoms with Crippen molar-refractivity contribution in [2.45, 2.75) is 38.9 Å². The van der Waals surface area contributed by atoms with Gasteiger partial charge in [-0.2, -0.15) is 0 Å². The second-order valence-corrected chi connectivity index (χ2v) is 5.08. The molecule has 0 radical (unpaired) electrons. The van der Waals surface area contributed by atoms with E-state index >= 15 is 0 Å². The van der Waals surface area contributed by atoms with Gasteiger partial charge in [-0.05, 0) is 32.8 Å². The summed E-state index contributed by atoms with van der Waals surface area (Å²) in [5.41, 5.74) is 1.56. The van der Waals surface area contributed by atoms with Gasteiger partial charge in [-0.25, -0.2) is 0 Å². The summed E-state index contributed by atoms with van der Waals surface area (Å²) >= 11 is 0. The number of aromatic hydroxyl groups is 1. The molecule has 1 aliphatic rings. The number of benzene rings is 1. The highest BCUT2D eigenvalue weighted by molar-refractivity contribution is 5.54. The van der Waals surface area contributed by atoms with Crippen molar-refractivity contribution in [2.24, 2.45) is 0 Å². The molecule has 1 fully saturated rings. The third-order valence-electron chi connectivity index (χ3n) is 3.61. The van der Waals surface area contributed by atoms with Crippen molar-refractivity contribution < 1.29 is 14.9 Å². The molecule has 106 valence electrons. The van der Waals surface area contributed by atoms with Gasteiger partial charge in [0.1, 0.15) is 5.75 Å². The zero-order valence-corrected chi connectivity index (χ0v) is 11.7. The lowest BCUT2D eigenvalue weighted by Gasteiger charge is -2.34. The Hall–Kier alpha value is -1.26. The number of anilines is 1. The molecule has 1 aliphatic heterocycles. The number of hydrogen-bond donors (Lipinski definition) is 2. The van der Waals surface area contributed by atoms with Crippen molar-refractivity contribution in [3.63, 3.8) is 0 Å². The van der Waals surface area contributed by atoms with Crippen LogP contribution in [0.1, 0.15) is 38.4 Å². The van der Waals surface area contributed by atoms with E-state index in [2.05, 4.69) is 4.90 Å². The van der Waals surface area contributed by atoms with Crippen LogP contribution >= 0.6 is 0 Å². The second-order valence-electron chi connectivity index (χ2n) is 5.08. The molecule has 1 aromatic carbocycles. The van der Waals surface area contributed by atoms with Crippen LogP contribution in [0, 0.1) is 0 Å². The Morgan fingerprint density at radius 3 is 2.89 bits per heavy atom. The lowest BCUT2D eigenvalue weighted by molar-refractivity contribution is 0.0526. The molecule has 0 aromatic heterocycles. The van der Waals surface area contributed by atoms with Gasteiger partial charge in [0.25, 0.3) is 0 Å². The summed E-state index contributed by atoms with van der Waals surface area (Å²) in [7, 11) is 0. The van der Waals surface area contributed by atoms with E-state index in [-0.39, 0.29) is 11.9 Å². The van der Waals surface area contributed by atoms with Crippen LogP contribution in [0.4, 0.5) is 5.69 Å². The number of piperidine rings is 1. The fourth-order valence-electron chi connectivity index (χ4n) is 2.63. The zero-order valence-electron chi connectivity index (χ0n) is 11.7. The molecule has 1 aromatic rings. The van der Waals surface area contributed by atoms with Crippen molar-refractivity contribution in [2.75, 3.05) is 24.6 Å². The molecule has 2 unspecified atom stereocenters. The zero-order chi connectivity index (χ0) is 13.8. The second kappa shape index (κ2) is 6.26. The molecule has 0 aliphatic carbocycles. The molecule has 4 heteroatoms. The molecule has 0 saturated carbocycles. The number of aliphatic hydroxyl groups is 1. The van der Waals surface area contributed by atoms with E-state index < -0.39 is 6.10 Å². The number of ether oxygens (including phenoxy) is 1. The largest absolute Gasteiger partial charge is 0.507 e. The lowest BCUT2D eigenvalue weighted by atomic mass is 10.0. The first-order valence-corrected chi connectivity index (χ1v) is 6.99. The van der Waals surface area contributed by atoms with E-state index in [1.165, 1.54) is 0 Å². The summed E-state index contributed by atoms with van der Waals surface area (Å²) in [4.78, 5) is 2.23. The number of phenolic OH excluding ortho intramolecular Hbond substituents is 1. The van der Waals surface area contributed by atoms with Crippen molar-refractivity contribution in [1.82, 2.24) is 0 Å². The molecule has 2 atom stereocenters. The molecule has 0 amide bonds. The Bertz CT molecular complexity index is 418. The first kappa shape index (κ1) is 14.2. The Balaban J connectivity index is 2.11. The number of nitrogens with zero attached hydrogens (tertiary/aromatic N) is 1. The van der Waals surface area contributed by atoms with E-state index in [9.17, 15) is 10.2 Å². The van der Waals surface area contributed by atoms with Crippen LogP contribution < -0.4 is 4.90 Å². The summed E-state index contributed by atoms with van der Waals surface area (Å²) < 4.78 is 5.68. The van der Waals surface area contributed by atoms with E-state index in [1.54, 1.807) is 19.1 Å². The molecule has 1 heterocycles. The number of rotatable bonds is 4. The number of aliphatic hydroxyl groups excluding tert-OH is 1. The fraction of sp³-hybridized carbons (Fsp3) is 0.600. The monoisotopic (exact) mass is 265 g/mol. The average molecular weight is 265 g/mol. The van der Waals surface area contributed by atoms with Crippen LogP contribution in [0.5, 0.6) is 5.75 Å². The molecule has 2 N–H and O–H groups in total. The summed E-state index contributed by atoms with van der Waals surface area (Å²) in [6, 6.07) is 5.48. The minimum atomic E-state index is -0.647. The maximum absolute atomic E-state index is 9.94. The van der Waals surface area contributed by atoms with Gasteiger partial charge < -0.3 is 19.8 Å². The van der Waals surface area contributed by atoms with Gasteiger partial charge in [0, 0.05) is 37.0 Å². The van der Waals surface area contributed by atoms with Gasteiger partial charge in [-0.3, -0.25) is 0 Å². The number of phenols is 1. The van der Waals surface area contributed by atoms with Crippen molar-refractivity contribution in [1.29, 1.82) is 0 Å². The maximum atomic E-state index is 9.94. The molecule has 4 nitrogen and oxygen atoms in total. The van der Waals surface area contributed by atoms with Gasteiger partial charge in [-0.15, -0.1) is 0 Å². The van der Waals surface area contributed by atoms with Crippen molar-refractivity contribution in [3.8, 4) is 5.75 Å². The topological polar surface area (TPSA) is 52.9 Å². The number of hydrogen-bond acceptors (Lipinski definition) is 4. The van der Waals surface area contributed by atoms with E-state index in [0.717, 1.165) is 38.2 Å². The molecule has 0 spiro atoms. The minimum absolute atomic E-state index is 0.158. The highest BCUT2D eigenvalue weighted by Crippen LogP contribution is 2.30. The molecular formula is C15H23NO3. The predicted octanol–water partition coefficient (Wildman–Crippen LogP) is 2.45. The van der Waals surface area contributed by atoms with Crippen LogP contribution in [0.3, 0.4) is 0 Å². The summed E-state index contributed by atoms with van der Waals surface area (Å²) in [5, 5.41) is 19.5. The van der Waals surface area contributed by atoms with Crippen molar-refractivity contribution >= 4 is 5.69 Å². The lowest BCUT2D eigenvalue weighted by Crippen LogP contribution is -2.39. The minimum Gasteiger partial charge on any atom is -0.507 e. The molecule has 0 bridgehead atoms. The first-order chi connectivity index (χ1) is 9.11. The normalized spacial score (nSPS) is 21.4. The average Bonchev–Trinajstić information content (AvgIpc) is 2.39. The summed E-state index contributed by atoms with van der Waals surface area (Å²) in [5.74, 6) is 0.158. The Morgan fingerprint density at radius 2 is 2.26 bits per heavy atom. The Kier molecular flexibility index (Phi) is 4.66. The molecule has 19 heavy (non-hydrogen) atoms. The van der Waals surface area contributed by atoms with E-state index in [1.807, 2.05) is 13.0 Å². The van der Waals surface area contributed by atoms with Crippen molar-refractivity contribution in [3.05, 3.63) is 23.8 Å². The molecular weight excluding hydrogens is 242 g/mol. The summed E-state index contributed by atoms with van der Waals surface area (Å²) in [6.07, 6.45) is 1.83. The van der Waals surface area contributed by atoms with Crippen LogP contribution in [-0.2, 0) is 4.74 Å². The van der Waals surface area contributed by atoms with E-state index in [4.69, 9.17) is 4.74 Å². The van der Waals surface area contributed by atoms with E-state index in [0.29, 0.717) is 5.56 Å². The van der Waals surface area contributed by atoms with Crippen LogP contribution in [0.2, 0.25) is 0 Å². The third kappa shape index (κ3) is 3.39. The quantitative estimate of drug-likeness (QED) is 0.878. The smallest absolute Gasteiger partial charge is 0.123 e. The first-order valence-electron chi connectivity index (χ1n) is 6.99. The third-order valence-corrected chi connectivity index (χ3v) is 3.61. The Labute approximate surface area is 114 Å². The SMILES string of the molecule is CCOC1CCCN(c2ccc(C(C)O)c(O)c2)C1. The highest BCUT2D eigenvalue weighted by Gasteiger charge is 2.21. The standard InChI is InChI=1S/C15H23NO3/c1-3-19-13-5-4-8-16(10-13)12-6-7-14(11(2)17)15(18)9-12/h6-7,9,11,13,17-18H,3-5,8,10H2,1-2H3. The Morgan fingerprint density at radius 1 is 1.47 bits per heavy atom. The highest BCUT2D eigenvalue weighted by atomic mass is 16.5. The van der Waals surface area contributed by atoms with Gasteiger partial charge >= 0.3 is 0 Å². The van der Waals surface area contributed by atoms with Crippen LogP contribution in [0.15, 0.2) is 18.2 Å². The van der Waals surface area contributed by atoms with Gasteiger partial charge in [0.2, 0.25) is 0 Å². The van der Waals surface area contributed by atoms with Gasteiger partial charge in [0.15, 0.2) is 0 Å². The summed E-state index contributed by atoms with van der Waals surface area (Å²) in [6.45, 7) is 6.26. The molecule has 1 saturated heterocycles. The van der Waals surface area contributed by atoms with Gasteiger partial charge in [-0.1, -0.05) is 6.07 Å². The van der Waals surface area contributed by atoms with Gasteiger partial charge in [0.05, 0.1) is 12.2 Å². The van der Waals surface area contributed by atoms with Crippen LogP contribution in [0.25, 0.3) is 0 Å². The fourth-order valence-corrected chi connectivity index (χ4v) is 2.63. The predicted molar refractivity (Wildman–Crippen MR) is 75.6 cm³/mol.